The summed E-state index contributed by atoms with van der Waals surface area (Å²) in [6, 6.07) is 13.6. The molecule has 2 aromatic rings. The minimum atomic E-state index is 0.487. The van der Waals surface area contributed by atoms with Crippen LogP contribution in [0.1, 0.15) is 5.56 Å². The molecule has 0 fully saturated rings. The van der Waals surface area contributed by atoms with E-state index in [4.69, 9.17) is 34.8 Å². The number of hydrogen-bond donors (Lipinski definition) is 0. The Bertz CT molecular complexity index is 526. The van der Waals surface area contributed by atoms with Gasteiger partial charge < -0.3 is 0 Å². The molecule has 0 amide bonds. The first-order valence-electron chi connectivity index (χ1n) is 4.98. The van der Waals surface area contributed by atoms with E-state index in [9.17, 15) is 0 Å². The second-order valence-corrected chi connectivity index (χ2v) is 5.53. The van der Waals surface area contributed by atoms with Gasteiger partial charge >= 0.3 is 0 Å². The highest BCUT2D eigenvalue weighted by molar-refractivity contribution is 7.99. The Balaban J connectivity index is 2.35. The van der Waals surface area contributed by atoms with E-state index < -0.39 is 0 Å². The van der Waals surface area contributed by atoms with Gasteiger partial charge in [0, 0.05) is 15.7 Å². The van der Waals surface area contributed by atoms with Gasteiger partial charge in [0.15, 0.2) is 0 Å². The number of rotatable bonds is 3. The van der Waals surface area contributed by atoms with Crippen molar-refractivity contribution < 1.29 is 0 Å². The van der Waals surface area contributed by atoms with Crippen LogP contribution in [0.3, 0.4) is 0 Å². The summed E-state index contributed by atoms with van der Waals surface area (Å²) in [5, 5.41) is 1.16. The van der Waals surface area contributed by atoms with Gasteiger partial charge in [0.05, 0.1) is 10.0 Å². The molecule has 2 rings (SSSR count). The monoisotopic (exact) mass is 302 g/mol. The summed E-state index contributed by atoms with van der Waals surface area (Å²) in [5.74, 6) is 0.487. The van der Waals surface area contributed by atoms with Crippen molar-refractivity contribution in [3.8, 4) is 0 Å². The van der Waals surface area contributed by atoms with E-state index >= 15 is 0 Å². The Morgan fingerprint density at radius 2 is 1.59 bits per heavy atom. The van der Waals surface area contributed by atoms with Crippen LogP contribution in [0.25, 0.3) is 0 Å². The van der Waals surface area contributed by atoms with Crippen LogP contribution in [0, 0.1) is 0 Å². The number of hydrogen-bond acceptors (Lipinski definition) is 1. The molecule has 0 N–H and O–H groups in total. The van der Waals surface area contributed by atoms with E-state index in [2.05, 4.69) is 0 Å². The zero-order chi connectivity index (χ0) is 12.3. The van der Waals surface area contributed by atoms with Gasteiger partial charge in [0.25, 0.3) is 0 Å². The fourth-order valence-corrected chi connectivity index (χ4v) is 3.18. The lowest BCUT2D eigenvalue weighted by Crippen LogP contribution is -1.83. The minimum absolute atomic E-state index is 0.487. The van der Waals surface area contributed by atoms with Gasteiger partial charge in [0.2, 0.25) is 0 Å². The third-order valence-electron chi connectivity index (χ3n) is 2.25. The second-order valence-electron chi connectivity index (χ2n) is 3.40. The quantitative estimate of drug-likeness (QED) is 0.638. The largest absolute Gasteiger partial charge is 0.122 e. The Morgan fingerprint density at radius 1 is 0.882 bits per heavy atom. The third-order valence-corrected chi connectivity index (χ3v) is 4.65. The van der Waals surface area contributed by atoms with Gasteiger partial charge in [0.1, 0.15) is 0 Å². The molecule has 0 saturated carbocycles. The second kappa shape index (κ2) is 6.01. The molecule has 0 atom stereocenters. The maximum absolute atomic E-state index is 6.15. The summed E-state index contributed by atoms with van der Waals surface area (Å²) < 4.78 is 0. The van der Waals surface area contributed by atoms with Crippen LogP contribution in [0.15, 0.2) is 52.3 Å². The van der Waals surface area contributed by atoms with Crippen LogP contribution in [-0.2, 0) is 5.88 Å². The molecule has 17 heavy (non-hydrogen) atoms. The topological polar surface area (TPSA) is 0 Å². The van der Waals surface area contributed by atoms with Crippen molar-refractivity contribution in [3.05, 3.63) is 58.1 Å². The van der Waals surface area contributed by atoms with Crippen LogP contribution in [0.2, 0.25) is 10.0 Å². The molecule has 0 aromatic heterocycles. The van der Waals surface area contributed by atoms with Gasteiger partial charge in [-0.05, 0) is 23.8 Å². The van der Waals surface area contributed by atoms with Crippen molar-refractivity contribution >= 4 is 46.6 Å². The molecule has 0 aliphatic rings. The van der Waals surface area contributed by atoms with Gasteiger partial charge in [-0.15, -0.1) is 11.6 Å². The average Bonchev–Trinajstić information content (AvgIpc) is 2.35. The average molecular weight is 304 g/mol. The van der Waals surface area contributed by atoms with Gasteiger partial charge in [-0.3, -0.25) is 0 Å². The van der Waals surface area contributed by atoms with E-state index in [1.54, 1.807) is 17.8 Å². The van der Waals surface area contributed by atoms with Crippen molar-refractivity contribution in [3.63, 3.8) is 0 Å². The van der Waals surface area contributed by atoms with Crippen LogP contribution in [0.4, 0.5) is 0 Å². The van der Waals surface area contributed by atoms with Gasteiger partial charge in [-0.25, -0.2) is 0 Å². The molecule has 0 nitrogen and oxygen atoms in total. The molecule has 0 unspecified atom stereocenters. The van der Waals surface area contributed by atoms with Crippen LogP contribution in [0.5, 0.6) is 0 Å². The van der Waals surface area contributed by atoms with Gasteiger partial charge in [-0.2, -0.15) is 0 Å². The Morgan fingerprint density at radius 3 is 2.35 bits per heavy atom. The van der Waals surface area contributed by atoms with E-state index in [1.165, 1.54) is 0 Å². The molecule has 0 heterocycles. The Labute approximate surface area is 120 Å². The Kier molecular flexibility index (Phi) is 4.63. The molecule has 88 valence electrons. The minimum Gasteiger partial charge on any atom is -0.122 e. The summed E-state index contributed by atoms with van der Waals surface area (Å²) in [5.41, 5.74) is 1.09. The lowest BCUT2D eigenvalue weighted by atomic mass is 10.2. The molecule has 4 heteroatoms. The van der Waals surface area contributed by atoms with E-state index in [1.807, 2.05) is 36.4 Å². The fraction of sp³-hybridized carbons (Fsp3) is 0.0769. The summed E-state index contributed by atoms with van der Waals surface area (Å²) in [4.78, 5) is 2.04. The SMILES string of the molecule is ClCc1ccccc1Sc1cccc(Cl)c1Cl. The van der Waals surface area contributed by atoms with Crippen LogP contribution < -0.4 is 0 Å². The Hall–Kier alpha value is -0.340. The zero-order valence-corrected chi connectivity index (χ0v) is 11.9. The fourth-order valence-electron chi connectivity index (χ4n) is 1.40. The van der Waals surface area contributed by atoms with E-state index in [0.29, 0.717) is 15.9 Å². The molecule has 0 aliphatic carbocycles. The number of benzene rings is 2. The van der Waals surface area contributed by atoms with Crippen molar-refractivity contribution in [2.45, 2.75) is 15.7 Å². The zero-order valence-electron chi connectivity index (χ0n) is 8.79. The maximum Gasteiger partial charge on any atom is 0.0731 e. The third kappa shape index (κ3) is 3.11. The lowest BCUT2D eigenvalue weighted by molar-refractivity contribution is 1.25. The predicted molar refractivity (Wildman–Crippen MR) is 76.6 cm³/mol. The highest BCUT2D eigenvalue weighted by Crippen LogP contribution is 2.38. The smallest absolute Gasteiger partial charge is 0.0731 e. The first-order chi connectivity index (χ1) is 8.22. The summed E-state index contributed by atoms with van der Waals surface area (Å²) >= 11 is 19.6. The summed E-state index contributed by atoms with van der Waals surface area (Å²) in [7, 11) is 0. The van der Waals surface area contributed by atoms with Gasteiger partial charge in [-0.1, -0.05) is 59.2 Å². The lowest BCUT2D eigenvalue weighted by Gasteiger charge is -2.08. The van der Waals surface area contributed by atoms with Crippen molar-refractivity contribution in [2.75, 3.05) is 0 Å². The van der Waals surface area contributed by atoms with Crippen molar-refractivity contribution in [2.24, 2.45) is 0 Å². The molecule has 2 aromatic carbocycles. The molecule has 0 spiro atoms. The molecular weight excluding hydrogens is 295 g/mol. The molecule has 0 saturated heterocycles. The maximum atomic E-state index is 6.15. The first kappa shape index (κ1) is 13.1. The molecule has 0 aliphatic heterocycles. The van der Waals surface area contributed by atoms with Crippen LogP contribution >= 0.6 is 46.6 Å². The highest BCUT2D eigenvalue weighted by atomic mass is 35.5. The standard InChI is InChI=1S/C13H9Cl3S/c14-8-9-4-1-2-6-11(9)17-12-7-3-5-10(15)13(12)16/h1-7H,8H2. The normalized spacial score (nSPS) is 10.5. The number of alkyl halides is 1. The van der Waals surface area contributed by atoms with Crippen LogP contribution in [-0.4, -0.2) is 0 Å². The predicted octanol–water partition coefficient (Wildman–Crippen LogP) is 5.88. The van der Waals surface area contributed by atoms with Crippen molar-refractivity contribution in [1.82, 2.24) is 0 Å². The highest BCUT2D eigenvalue weighted by Gasteiger charge is 2.08. The molecule has 0 bridgehead atoms. The number of halogens is 3. The summed E-state index contributed by atoms with van der Waals surface area (Å²) in [6.45, 7) is 0. The van der Waals surface area contributed by atoms with Crippen molar-refractivity contribution in [1.29, 1.82) is 0 Å². The van der Waals surface area contributed by atoms with E-state index in [-0.39, 0.29) is 0 Å². The molecular formula is C13H9Cl3S. The first-order valence-corrected chi connectivity index (χ1v) is 7.09. The van der Waals surface area contributed by atoms with E-state index in [0.717, 1.165) is 15.4 Å². The molecule has 0 radical (unpaired) electrons. The summed E-state index contributed by atoms with van der Waals surface area (Å²) in [6.07, 6.45) is 0.